The van der Waals surface area contributed by atoms with Crippen LogP contribution in [0.4, 0.5) is 5.69 Å². The molecular formula is C15H22N4. The summed E-state index contributed by atoms with van der Waals surface area (Å²) in [6.07, 6.45) is 3.98. The van der Waals surface area contributed by atoms with Gasteiger partial charge >= 0.3 is 0 Å². The molecule has 0 amide bonds. The van der Waals surface area contributed by atoms with Crippen LogP contribution in [0.2, 0.25) is 0 Å². The summed E-state index contributed by atoms with van der Waals surface area (Å²) in [7, 11) is 2.08. The molecule has 0 spiro atoms. The Hall–Kier alpha value is -1.81. The molecule has 19 heavy (non-hydrogen) atoms. The Bertz CT molecular complexity index is 532. The average Bonchev–Trinajstić information content (AvgIpc) is 2.88. The third kappa shape index (κ3) is 2.96. The quantitative estimate of drug-likeness (QED) is 0.895. The van der Waals surface area contributed by atoms with Gasteiger partial charge in [-0.05, 0) is 31.5 Å². The summed E-state index contributed by atoms with van der Waals surface area (Å²) in [6, 6.07) is 8.61. The molecule has 0 radical (unpaired) electrons. The van der Waals surface area contributed by atoms with Gasteiger partial charge in [0.1, 0.15) is 0 Å². The summed E-state index contributed by atoms with van der Waals surface area (Å²) >= 11 is 0. The first-order chi connectivity index (χ1) is 9.15. The van der Waals surface area contributed by atoms with Crippen molar-refractivity contribution in [2.24, 2.45) is 5.73 Å². The van der Waals surface area contributed by atoms with Crippen LogP contribution in [-0.4, -0.2) is 23.4 Å². The maximum atomic E-state index is 5.95. The lowest BCUT2D eigenvalue weighted by atomic mass is 10.1. The number of benzene rings is 1. The fraction of sp³-hybridized carbons (Fsp3) is 0.400. The van der Waals surface area contributed by atoms with Crippen LogP contribution in [0.25, 0.3) is 0 Å². The topological polar surface area (TPSA) is 47.1 Å². The highest BCUT2D eigenvalue weighted by atomic mass is 15.3. The van der Waals surface area contributed by atoms with Crippen molar-refractivity contribution in [2.45, 2.75) is 26.4 Å². The molecule has 4 heteroatoms. The third-order valence-corrected chi connectivity index (χ3v) is 3.46. The van der Waals surface area contributed by atoms with Gasteiger partial charge in [-0.2, -0.15) is 5.10 Å². The third-order valence-electron chi connectivity index (χ3n) is 3.46. The Kier molecular flexibility index (Phi) is 4.22. The molecule has 1 aromatic heterocycles. The second-order valence-electron chi connectivity index (χ2n) is 4.83. The van der Waals surface area contributed by atoms with Crippen molar-refractivity contribution in [3.8, 4) is 0 Å². The Morgan fingerprint density at radius 2 is 2.21 bits per heavy atom. The van der Waals surface area contributed by atoms with Gasteiger partial charge in [0.2, 0.25) is 0 Å². The highest BCUT2D eigenvalue weighted by molar-refractivity contribution is 5.49. The first kappa shape index (κ1) is 13.6. The minimum Gasteiger partial charge on any atom is -0.366 e. The minimum atomic E-state index is 0.155. The van der Waals surface area contributed by atoms with E-state index >= 15 is 0 Å². The van der Waals surface area contributed by atoms with Crippen LogP contribution < -0.4 is 10.6 Å². The van der Waals surface area contributed by atoms with E-state index in [1.54, 1.807) is 0 Å². The second kappa shape index (κ2) is 5.89. The van der Waals surface area contributed by atoms with Crippen molar-refractivity contribution in [3.63, 3.8) is 0 Å². The number of likely N-dealkylation sites (N-methyl/N-ethyl adjacent to an activating group) is 1. The van der Waals surface area contributed by atoms with Crippen molar-refractivity contribution in [1.29, 1.82) is 0 Å². The lowest BCUT2D eigenvalue weighted by Crippen LogP contribution is -2.30. The number of nitrogens with two attached hydrogens (primary N) is 1. The summed E-state index contributed by atoms with van der Waals surface area (Å²) in [5.74, 6) is 0. The Labute approximate surface area is 114 Å². The van der Waals surface area contributed by atoms with E-state index in [9.17, 15) is 0 Å². The van der Waals surface area contributed by atoms with Gasteiger partial charge in [-0.3, -0.25) is 4.68 Å². The van der Waals surface area contributed by atoms with E-state index in [-0.39, 0.29) is 6.04 Å². The smallest absolute Gasteiger partial charge is 0.0692 e. The number of aromatic nitrogens is 2. The van der Waals surface area contributed by atoms with E-state index in [4.69, 9.17) is 5.73 Å². The molecule has 0 saturated heterocycles. The Morgan fingerprint density at radius 1 is 1.42 bits per heavy atom. The normalized spacial score (nSPS) is 12.4. The van der Waals surface area contributed by atoms with Gasteiger partial charge in [0.05, 0.1) is 12.2 Å². The number of hydrogen-bond acceptors (Lipinski definition) is 3. The molecule has 4 nitrogen and oxygen atoms in total. The predicted molar refractivity (Wildman–Crippen MR) is 79.3 cm³/mol. The van der Waals surface area contributed by atoms with E-state index in [0.717, 1.165) is 12.1 Å². The summed E-state index contributed by atoms with van der Waals surface area (Å²) < 4.78 is 1.93. The Morgan fingerprint density at radius 3 is 2.79 bits per heavy atom. The SMILES string of the molecule is CCn1cc(C(CN)N(C)c2cccc(C)c2)cn1. The van der Waals surface area contributed by atoms with Gasteiger partial charge in [0, 0.05) is 37.6 Å². The summed E-state index contributed by atoms with van der Waals surface area (Å²) in [6.45, 7) is 5.63. The van der Waals surface area contributed by atoms with Gasteiger partial charge in [-0.15, -0.1) is 0 Å². The van der Waals surface area contributed by atoms with Gasteiger partial charge in [0.25, 0.3) is 0 Å². The van der Waals surface area contributed by atoms with Crippen LogP contribution in [0.1, 0.15) is 24.1 Å². The maximum Gasteiger partial charge on any atom is 0.0692 e. The minimum absolute atomic E-state index is 0.155. The maximum absolute atomic E-state index is 5.95. The molecule has 1 unspecified atom stereocenters. The molecule has 0 fully saturated rings. The number of hydrogen-bond donors (Lipinski definition) is 1. The van der Waals surface area contributed by atoms with Crippen LogP contribution in [0, 0.1) is 6.92 Å². The van der Waals surface area contributed by atoms with Crippen LogP contribution in [-0.2, 0) is 6.54 Å². The van der Waals surface area contributed by atoms with Crippen LogP contribution >= 0.6 is 0 Å². The highest BCUT2D eigenvalue weighted by Gasteiger charge is 2.17. The molecule has 1 atom stereocenters. The monoisotopic (exact) mass is 258 g/mol. The van der Waals surface area contributed by atoms with Crippen molar-refractivity contribution >= 4 is 5.69 Å². The van der Waals surface area contributed by atoms with Crippen LogP contribution in [0.3, 0.4) is 0 Å². The molecule has 2 rings (SSSR count). The van der Waals surface area contributed by atoms with E-state index in [1.807, 2.05) is 10.9 Å². The second-order valence-corrected chi connectivity index (χ2v) is 4.83. The predicted octanol–water partition coefficient (Wildman–Crippen LogP) is 2.35. The largest absolute Gasteiger partial charge is 0.366 e. The highest BCUT2D eigenvalue weighted by Crippen LogP contribution is 2.25. The zero-order chi connectivity index (χ0) is 13.8. The molecular weight excluding hydrogens is 236 g/mol. The lowest BCUT2D eigenvalue weighted by molar-refractivity contribution is 0.651. The zero-order valence-corrected chi connectivity index (χ0v) is 11.9. The average molecular weight is 258 g/mol. The molecule has 2 N–H and O–H groups in total. The Balaban J connectivity index is 2.26. The van der Waals surface area contributed by atoms with Crippen molar-refractivity contribution in [1.82, 2.24) is 9.78 Å². The fourth-order valence-electron chi connectivity index (χ4n) is 2.27. The molecule has 0 aliphatic heterocycles. The van der Waals surface area contributed by atoms with E-state index in [0.29, 0.717) is 6.54 Å². The van der Waals surface area contributed by atoms with Crippen molar-refractivity contribution < 1.29 is 0 Å². The first-order valence-corrected chi connectivity index (χ1v) is 6.67. The molecule has 2 aromatic rings. The number of aryl methyl sites for hydroxylation is 2. The summed E-state index contributed by atoms with van der Waals surface area (Å²) in [5, 5.41) is 4.33. The zero-order valence-electron chi connectivity index (χ0n) is 11.9. The molecule has 1 heterocycles. The standard InChI is InChI=1S/C15H22N4/c1-4-19-11-13(10-17-19)15(9-16)18(3)14-7-5-6-12(2)8-14/h5-8,10-11,15H,4,9,16H2,1-3H3. The molecule has 102 valence electrons. The van der Waals surface area contributed by atoms with E-state index in [1.165, 1.54) is 11.3 Å². The molecule has 0 aliphatic carbocycles. The van der Waals surface area contributed by atoms with Crippen LogP contribution in [0.5, 0.6) is 0 Å². The van der Waals surface area contributed by atoms with Gasteiger partial charge < -0.3 is 10.6 Å². The van der Waals surface area contributed by atoms with Crippen LogP contribution in [0.15, 0.2) is 36.7 Å². The van der Waals surface area contributed by atoms with Gasteiger partial charge in [-0.25, -0.2) is 0 Å². The van der Waals surface area contributed by atoms with E-state index in [2.05, 4.69) is 61.4 Å². The van der Waals surface area contributed by atoms with Crippen molar-refractivity contribution in [3.05, 3.63) is 47.8 Å². The van der Waals surface area contributed by atoms with Gasteiger partial charge in [-0.1, -0.05) is 12.1 Å². The van der Waals surface area contributed by atoms with Crippen molar-refractivity contribution in [2.75, 3.05) is 18.5 Å². The van der Waals surface area contributed by atoms with E-state index < -0.39 is 0 Å². The number of anilines is 1. The molecule has 0 aliphatic rings. The van der Waals surface area contributed by atoms with Gasteiger partial charge in [0.15, 0.2) is 0 Å². The number of nitrogens with zero attached hydrogens (tertiary/aromatic N) is 3. The fourth-order valence-corrected chi connectivity index (χ4v) is 2.27. The lowest BCUT2D eigenvalue weighted by Gasteiger charge is -2.28. The number of rotatable bonds is 5. The summed E-state index contributed by atoms with van der Waals surface area (Å²) in [5.41, 5.74) is 9.55. The molecule has 0 saturated carbocycles. The summed E-state index contributed by atoms with van der Waals surface area (Å²) in [4.78, 5) is 2.21. The first-order valence-electron chi connectivity index (χ1n) is 6.67. The molecule has 1 aromatic carbocycles. The molecule has 0 bridgehead atoms.